The van der Waals surface area contributed by atoms with E-state index in [0.29, 0.717) is 10.5 Å². The summed E-state index contributed by atoms with van der Waals surface area (Å²) in [6, 6.07) is 0.116. The highest BCUT2D eigenvalue weighted by Gasteiger charge is 2.51. The summed E-state index contributed by atoms with van der Waals surface area (Å²) in [4.78, 5) is 23.6. The molecule has 0 spiro atoms. The van der Waals surface area contributed by atoms with Crippen molar-refractivity contribution >= 4 is 23.6 Å². The van der Waals surface area contributed by atoms with Gasteiger partial charge in [-0.3, -0.25) is 9.59 Å². The van der Waals surface area contributed by atoms with Gasteiger partial charge < -0.3 is 10.6 Å². The molecule has 22 heavy (non-hydrogen) atoms. The predicted octanol–water partition coefficient (Wildman–Crippen LogP) is 2.33. The Bertz CT molecular complexity index is 415. The second kappa shape index (κ2) is 6.42. The van der Waals surface area contributed by atoms with Crippen molar-refractivity contribution in [3.63, 3.8) is 0 Å². The van der Waals surface area contributed by atoms with Crippen LogP contribution in [0, 0.1) is 17.8 Å². The van der Waals surface area contributed by atoms with Gasteiger partial charge in [-0.05, 0) is 70.1 Å². The lowest BCUT2D eigenvalue weighted by atomic mass is 9.56. The molecule has 4 saturated carbocycles. The zero-order chi connectivity index (χ0) is 15.7. The molecule has 4 bridgehead atoms. The van der Waals surface area contributed by atoms with Crippen molar-refractivity contribution in [2.24, 2.45) is 17.8 Å². The second-order valence-corrected chi connectivity index (χ2v) is 9.33. The minimum Gasteiger partial charge on any atom is -0.352 e. The number of thioether (sulfide) groups is 1. The van der Waals surface area contributed by atoms with E-state index in [1.54, 1.807) is 0 Å². The molecule has 2 amide bonds. The number of hydrogen-bond acceptors (Lipinski definition) is 3. The van der Waals surface area contributed by atoms with E-state index in [4.69, 9.17) is 0 Å². The van der Waals surface area contributed by atoms with Gasteiger partial charge in [-0.2, -0.15) is 0 Å². The highest BCUT2D eigenvalue weighted by Crippen LogP contribution is 2.60. The minimum absolute atomic E-state index is 0.000323. The number of carbonyl (C=O) groups excluding carboxylic acids is 2. The number of amides is 2. The molecule has 0 radical (unpaired) electrons. The largest absolute Gasteiger partial charge is 0.352 e. The summed E-state index contributed by atoms with van der Waals surface area (Å²) in [7, 11) is 0. The van der Waals surface area contributed by atoms with E-state index in [2.05, 4.69) is 10.6 Å². The standard InChI is InChI=1S/C17H28N2O2S/c1-11(2)19-15(20)9-18-16(21)10-22-17-6-12-3-13(7-17)5-14(4-12)8-17/h11-14H,3-10H2,1-2H3,(H,18,21)(H,19,20). The molecule has 4 aliphatic rings. The van der Waals surface area contributed by atoms with E-state index in [1.165, 1.54) is 38.5 Å². The molecule has 0 atom stereocenters. The summed E-state index contributed by atoms with van der Waals surface area (Å²) >= 11 is 1.86. The van der Waals surface area contributed by atoms with Gasteiger partial charge in [0.1, 0.15) is 0 Å². The van der Waals surface area contributed by atoms with E-state index in [0.717, 1.165) is 17.8 Å². The molecule has 4 aliphatic carbocycles. The molecule has 5 heteroatoms. The Kier molecular flexibility index (Phi) is 4.72. The average molecular weight is 324 g/mol. The van der Waals surface area contributed by atoms with Crippen LogP contribution >= 0.6 is 11.8 Å². The highest BCUT2D eigenvalue weighted by atomic mass is 32.2. The zero-order valence-electron chi connectivity index (χ0n) is 13.7. The van der Waals surface area contributed by atoms with Crippen LogP contribution in [-0.2, 0) is 9.59 Å². The van der Waals surface area contributed by atoms with Crippen molar-refractivity contribution in [1.82, 2.24) is 10.6 Å². The third kappa shape index (κ3) is 3.79. The molecule has 4 rings (SSSR count). The van der Waals surface area contributed by atoms with Crippen LogP contribution in [0.5, 0.6) is 0 Å². The maximum absolute atomic E-state index is 12.0. The molecule has 0 aromatic rings. The van der Waals surface area contributed by atoms with Crippen LogP contribution < -0.4 is 10.6 Å². The molecule has 2 N–H and O–H groups in total. The van der Waals surface area contributed by atoms with Gasteiger partial charge in [-0.25, -0.2) is 0 Å². The maximum atomic E-state index is 12.0. The Morgan fingerprint density at radius 2 is 1.59 bits per heavy atom. The van der Waals surface area contributed by atoms with Crippen molar-refractivity contribution in [2.45, 2.75) is 63.2 Å². The first-order valence-corrected chi connectivity index (χ1v) is 9.63. The third-order valence-electron chi connectivity index (χ3n) is 5.39. The Balaban J connectivity index is 1.42. The molecule has 0 aliphatic heterocycles. The summed E-state index contributed by atoms with van der Waals surface area (Å²) in [5, 5.41) is 5.54. The fourth-order valence-corrected chi connectivity index (χ4v) is 6.63. The quantitative estimate of drug-likeness (QED) is 0.788. The van der Waals surface area contributed by atoms with Crippen LogP contribution in [0.25, 0.3) is 0 Å². The van der Waals surface area contributed by atoms with E-state index < -0.39 is 0 Å². The van der Waals surface area contributed by atoms with Crippen molar-refractivity contribution < 1.29 is 9.59 Å². The van der Waals surface area contributed by atoms with Crippen LogP contribution in [0.3, 0.4) is 0 Å². The summed E-state index contributed by atoms with van der Waals surface area (Å²) in [6.07, 6.45) is 8.23. The highest BCUT2D eigenvalue weighted by molar-refractivity contribution is 8.01. The molecular formula is C17H28N2O2S. The first-order valence-electron chi connectivity index (χ1n) is 8.64. The molecule has 4 nitrogen and oxygen atoms in total. The summed E-state index contributed by atoms with van der Waals surface area (Å²) < 4.78 is 0.367. The molecule has 0 heterocycles. The summed E-state index contributed by atoms with van der Waals surface area (Å²) in [5.41, 5.74) is 0. The van der Waals surface area contributed by atoms with Gasteiger partial charge in [-0.15, -0.1) is 11.8 Å². The van der Waals surface area contributed by atoms with Gasteiger partial charge in [0, 0.05) is 10.8 Å². The first-order chi connectivity index (χ1) is 10.4. The summed E-state index contributed by atoms with van der Waals surface area (Å²) in [6.45, 7) is 3.93. The average Bonchev–Trinajstić information content (AvgIpc) is 2.41. The zero-order valence-corrected chi connectivity index (χ0v) is 14.5. The Hall–Kier alpha value is -0.710. The fraction of sp³-hybridized carbons (Fsp3) is 0.882. The maximum Gasteiger partial charge on any atom is 0.239 e. The van der Waals surface area contributed by atoms with Gasteiger partial charge in [0.2, 0.25) is 11.8 Å². The number of hydrogen-bond donors (Lipinski definition) is 2. The Morgan fingerprint density at radius 1 is 1.05 bits per heavy atom. The van der Waals surface area contributed by atoms with Crippen LogP contribution in [0.1, 0.15) is 52.4 Å². The minimum atomic E-state index is -0.108. The van der Waals surface area contributed by atoms with Gasteiger partial charge in [0.15, 0.2) is 0 Å². The Morgan fingerprint density at radius 3 is 2.09 bits per heavy atom. The van der Waals surface area contributed by atoms with Gasteiger partial charge in [0.25, 0.3) is 0 Å². The van der Waals surface area contributed by atoms with Crippen molar-refractivity contribution in [2.75, 3.05) is 12.3 Å². The SMILES string of the molecule is CC(C)NC(=O)CNC(=O)CSC12CC3CC(CC(C3)C1)C2. The lowest BCUT2D eigenvalue weighted by molar-refractivity contribution is -0.125. The third-order valence-corrected chi connectivity index (χ3v) is 6.91. The topological polar surface area (TPSA) is 58.2 Å². The monoisotopic (exact) mass is 324 g/mol. The lowest BCUT2D eigenvalue weighted by Gasteiger charge is -2.56. The molecule has 0 unspecified atom stereocenters. The van der Waals surface area contributed by atoms with E-state index in [1.807, 2.05) is 25.6 Å². The number of carbonyl (C=O) groups is 2. The van der Waals surface area contributed by atoms with E-state index in [-0.39, 0.29) is 24.4 Å². The molecule has 0 saturated heterocycles. The van der Waals surface area contributed by atoms with Gasteiger partial charge in [-0.1, -0.05) is 0 Å². The number of rotatable bonds is 6. The molecule has 0 aromatic carbocycles. The normalized spacial score (nSPS) is 35.7. The van der Waals surface area contributed by atoms with Crippen molar-refractivity contribution in [3.05, 3.63) is 0 Å². The molecule has 4 fully saturated rings. The van der Waals surface area contributed by atoms with Crippen LogP contribution in [0.4, 0.5) is 0 Å². The number of nitrogens with one attached hydrogen (secondary N) is 2. The van der Waals surface area contributed by atoms with Gasteiger partial charge >= 0.3 is 0 Å². The smallest absolute Gasteiger partial charge is 0.239 e. The molecule has 124 valence electrons. The molecular weight excluding hydrogens is 296 g/mol. The van der Waals surface area contributed by atoms with Crippen molar-refractivity contribution in [3.8, 4) is 0 Å². The summed E-state index contributed by atoms with van der Waals surface area (Å²) in [5.74, 6) is 3.14. The van der Waals surface area contributed by atoms with Crippen LogP contribution in [0.15, 0.2) is 0 Å². The van der Waals surface area contributed by atoms with Crippen LogP contribution in [-0.4, -0.2) is 34.9 Å². The predicted molar refractivity (Wildman–Crippen MR) is 89.6 cm³/mol. The first kappa shape index (κ1) is 16.2. The second-order valence-electron chi connectivity index (χ2n) is 7.89. The molecule has 0 aromatic heterocycles. The van der Waals surface area contributed by atoms with Gasteiger partial charge in [0.05, 0.1) is 12.3 Å². The lowest BCUT2D eigenvalue weighted by Crippen LogP contribution is -2.49. The fourth-order valence-electron chi connectivity index (χ4n) is 5.03. The van der Waals surface area contributed by atoms with E-state index in [9.17, 15) is 9.59 Å². The van der Waals surface area contributed by atoms with Crippen molar-refractivity contribution in [1.29, 1.82) is 0 Å². The van der Waals surface area contributed by atoms with E-state index >= 15 is 0 Å². The Labute approximate surface area is 137 Å². The van der Waals surface area contributed by atoms with Crippen LogP contribution in [0.2, 0.25) is 0 Å².